The molecule has 2 aromatic heterocycles. The fourth-order valence-corrected chi connectivity index (χ4v) is 4.14. The van der Waals surface area contributed by atoms with Crippen molar-refractivity contribution >= 4 is 34.8 Å². The lowest BCUT2D eigenvalue weighted by atomic mass is 10.1. The number of hydrogen-bond acceptors (Lipinski definition) is 6. The van der Waals surface area contributed by atoms with Crippen molar-refractivity contribution in [3.63, 3.8) is 0 Å². The standard InChI is InChI=1S/C21H20ClN3O4S/c1-14-15(13-28-17-6-3-2-5-16(17)22)19(23-29-14)21(27)25-10-8-24(9-11-25)20(26)18-7-4-12-30-18/h2-7,12H,8-11,13H2,1H3. The van der Waals surface area contributed by atoms with Crippen LogP contribution in [0.4, 0.5) is 0 Å². The minimum absolute atomic E-state index is 0.00297. The largest absolute Gasteiger partial charge is 0.487 e. The molecule has 0 radical (unpaired) electrons. The van der Waals surface area contributed by atoms with Gasteiger partial charge in [-0.1, -0.05) is 35.0 Å². The molecule has 1 aliphatic rings. The fourth-order valence-electron chi connectivity index (χ4n) is 3.26. The molecule has 4 rings (SSSR count). The number of rotatable bonds is 5. The number of amides is 2. The van der Waals surface area contributed by atoms with Crippen LogP contribution in [0.25, 0.3) is 0 Å². The third-order valence-corrected chi connectivity index (χ3v) is 6.15. The number of carbonyl (C=O) groups excluding carboxylic acids is 2. The van der Waals surface area contributed by atoms with E-state index in [9.17, 15) is 9.59 Å². The van der Waals surface area contributed by atoms with Crippen LogP contribution in [0.3, 0.4) is 0 Å². The van der Waals surface area contributed by atoms with Crippen LogP contribution in [0.5, 0.6) is 5.75 Å². The van der Waals surface area contributed by atoms with Crippen LogP contribution in [-0.2, 0) is 6.61 Å². The average molecular weight is 446 g/mol. The van der Waals surface area contributed by atoms with Crippen LogP contribution in [0.2, 0.25) is 5.02 Å². The molecule has 3 aromatic rings. The van der Waals surface area contributed by atoms with Gasteiger partial charge in [-0.25, -0.2) is 0 Å². The number of aryl methyl sites for hydroxylation is 1. The van der Waals surface area contributed by atoms with E-state index in [-0.39, 0.29) is 24.1 Å². The Bertz CT molecular complexity index is 1040. The highest BCUT2D eigenvalue weighted by atomic mass is 35.5. The van der Waals surface area contributed by atoms with Crippen LogP contribution in [0.1, 0.15) is 31.5 Å². The Labute approximate surface area is 182 Å². The van der Waals surface area contributed by atoms with Gasteiger partial charge < -0.3 is 19.1 Å². The lowest BCUT2D eigenvalue weighted by Crippen LogP contribution is -2.50. The van der Waals surface area contributed by atoms with E-state index in [0.29, 0.717) is 53.2 Å². The zero-order chi connectivity index (χ0) is 21.1. The molecular weight excluding hydrogens is 426 g/mol. The number of aromatic nitrogens is 1. The first-order valence-corrected chi connectivity index (χ1v) is 10.7. The monoisotopic (exact) mass is 445 g/mol. The molecule has 0 aliphatic carbocycles. The quantitative estimate of drug-likeness (QED) is 0.595. The average Bonchev–Trinajstić information content (AvgIpc) is 3.43. The molecule has 1 saturated heterocycles. The highest BCUT2D eigenvalue weighted by Gasteiger charge is 2.29. The first kappa shape index (κ1) is 20.4. The number of nitrogens with zero attached hydrogens (tertiary/aromatic N) is 3. The highest BCUT2D eigenvalue weighted by Crippen LogP contribution is 2.26. The van der Waals surface area contributed by atoms with Gasteiger partial charge in [0.2, 0.25) is 0 Å². The molecular formula is C21H20ClN3O4S. The number of carbonyl (C=O) groups is 2. The molecule has 0 atom stereocenters. The Morgan fingerprint density at radius 1 is 1.10 bits per heavy atom. The number of ether oxygens (including phenoxy) is 1. The lowest BCUT2D eigenvalue weighted by molar-refractivity contribution is 0.0531. The maximum absolute atomic E-state index is 13.0. The van der Waals surface area contributed by atoms with Crippen molar-refractivity contribution in [2.45, 2.75) is 13.5 Å². The molecule has 0 bridgehead atoms. The normalized spacial score (nSPS) is 14.1. The molecule has 1 aliphatic heterocycles. The molecule has 1 fully saturated rings. The van der Waals surface area contributed by atoms with E-state index in [2.05, 4.69) is 5.16 Å². The van der Waals surface area contributed by atoms with Crippen LogP contribution in [-0.4, -0.2) is 52.9 Å². The first-order chi connectivity index (χ1) is 14.5. The van der Waals surface area contributed by atoms with E-state index in [1.165, 1.54) is 11.3 Å². The van der Waals surface area contributed by atoms with Crippen molar-refractivity contribution in [2.75, 3.05) is 26.2 Å². The first-order valence-electron chi connectivity index (χ1n) is 9.49. The topological polar surface area (TPSA) is 75.9 Å². The van der Waals surface area contributed by atoms with Crippen molar-refractivity contribution in [1.29, 1.82) is 0 Å². The molecule has 1 aromatic carbocycles. The van der Waals surface area contributed by atoms with E-state index >= 15 is 0 Å². The smallest absolute Gasteiger partial charge is 0.276 e. The molecule has 30 heavy (non-hydrogen) atoms. The second-order valence-corrected chi connectivity index (χ2v) is 8.20. The van der Waals surface area contributed by atoms with Gasteiger partial charge in [0.25, 0.3) is 11.8 Å². The summed E-state index contributed by atoms with van der Waals surface area (Å²) >= 11 is 7.55. The lowest BCUT2D eigenvalue weighted by Gasteiger charge is -2.34. The van der Waals surface area contributed by atoms with Gasteiger partial charge in [0.1, 0.15) is 18.1 Å². The Kier molecular flexibility index (Phi) is 6.06. The highest BCUT2D eigenvalue weighted by molar-refractivity contribution is 7.12. The van der Waals surface area contributed by atoms with Crippen molar-refractivity contribution in [1.82, 2.24) is 15.0 Å². The van der Waals surface area contributed by atoms with E-state index in [1.54, 1.807) is 28.9 Å². The predicted molar refractivity (Wildman–Crippen MR) is 113 cm³/mol. The summed E-state index contributed by atoms with van der Waals surface area (Å²) in [4.78, 5) is 29.7. The summed E-state index contributed by atoms with van der Waals surface area (Å²) in [6, 6.07) is 10.8. The predicted octanol–water partition coefficient (Wildman–Crippen LogP) is 3.88. The number of piperazine rings is 1. The third-order valence-electron chi connectivity index (χ3n) is 4.98. The summed E-state index contributed by atoms with van der Waals surface area (Å²) in [5, 5.41) is 6.34. The third kappa shape index (κ3) is 4.20. The van der Waals surface area contributed by atoms with Crippen molar-refractivity contribution in [3.8, 4) is 5.75 Å². The van der Waals surface area contributed by atoms with Crippen molar-refractivity contribution < 1.29 is 18.8 Å². The summed E-state index contributed by atoms with van der Waals surface area (Å²) in [5.41, 5.74) is 0.828. The minimum Gasteiger partial charge on any atom is -0.487 e. The van der Waals surface area contributed by atoms with Crippen LogP contribution in [0, 0.1) is 6.92 Å². The van der Waals surface area contributed by atoms with Gasteiger partial charge in [-0.05, 0) is 30.5 Å². The molecule has 0 spiro atoms. The molecule has 7 nitrogen and oxygen atoms in total. The van der Waals surface area contributed by atoms with Crippen molar-refractivity contribution in [3.05, 3.63) is 68.7 Å². The second kappa shape index (κ2) is 8.89. The van der Waals surface area contributed by atoms with Gasteiger partial charge in [0.15, 0.2) is 5.69 Å². The summed E-state index contributed by atoms with van der Waals surface area (Å²) in [5.74, 6) is 0.826. The summed E-state index contributed by atoms with van der Waals surface area (Å²) < 4.78 is 11.0. The Balaban J connectivity index is 1.41. The molecule has 0 unspecified atom stereocenters. The summed E-state index contributed by atoms with van der Waals surface area (Å²) in [6.07, 6.45) is 0. The molecule has 156 valence electrons. The number of halogens is 1. The van der Waals surface area contributed by atoms with Gasteiger partial charge in [-0.2, -0.15) is 0 Å². The molecule has 2 amide bonds. The summed E-state index contributed by atoms with van der Waals surface area (Å²) in [7, 11) is 0. The zero-order valence-electron chi connectivity index (χ0n) is 16.3. The Morgan fingerprint density at radius 2 is 1.80 bits per heavy atom. The number of thiophene rings is 1. The molecule has 0 saturated carbocycles. The zero-order valence-corrected chi connectivity index (χ0v) is 17.9. The van der Waals surface area contributed by atoms with Crippen LogP contribution < -0.4 is 4.74 Å². The summed E-state index contributed by atoms with van der Waals surface area (Å²) in [6.45, 7) is 3.69. The Hall–Kier alpha value is -2.84. The van der Waals surface area contributed by atoms with Gasteiger partial charge in [0.05, 0.1) is 15.5 Å². The molecule has 0 N–H and O–H groups in total. The Morgan fingerprint density at radius 3 is 2.47 bits per heavy atom. The van der Waals surface area contributed by atoms with E-state index in [0.717, 1.165) is 0 Å². The van der Waals surface area contributed by atoms with Gasteiger partial charge >= 0.3 is 0 Å². The number of hydrogen-bond donors (Lipinski definition) is 0. The molecule has 9 heteroatoms. The van der Waals surface area contributed by atoms with Gasteiger partial charge in [-0.3, -0.25) is 9.59 Å². The van der Waals surface area contributed by atoms with E-state index in [4.69, 9.17) is 20.9 Å². The maximum Gasteiger partial charge on any atom is 0.276 e. The number of para-hydroxylation sites is 1. The van der Waals surface area contributed by atoms with E-state index < -0.39 is 0 Å². The number of benzene rings is 1. The van der Waals surface area contributed by atoms with Crippen LogP contribution in [0.15, 0.2) is 46.3 Å². The minimum atomic E-state index is -0.229. The van der Waals surface area contributed by atoms with E-state index in [1.807, 2.05) is 29.6 Å². The van der Waals surface area contributed by atoms with Gasteiger partial charge in [0, 0.05) is 26.2 Å². The molecule has 3 heterocycles. The fraction of sp³-hybridized carbons (Fsp3) is 0.286. The SMILES string of the molecule is Cc1onc(C(=O)N2CCN(C(=O)c3cccs3)CC2)c1COc1ccccc1Cl. The van der Waals surface area contributed by atoms with Gasteiger partial charge in [-0.15, -0.1) is 11.3 Å². The van der Waals surface area contributed by atoms with Crippen molar-refractivity contribution in [2.24, 2.45) is 0 Å². The van der Waals surface area contributed by atoms with Crippen LogP contribution >= 0.6 is 22.9 Å². The second-order valence-electron chi connectivity index (χ2n) is 6.85. The maximum atomic E-state index is 13.0.